The van der Waals surface area contributed by atoms with Crippen LogP contribution in [-0.2, 0) is 0 Å². The number of benzene rings is 1. The average Bonchev–Trinajstić information content (AvgIpc) is 2.32. The zero-order chi connectivity index (χ0) is 11.4. The maximum atomic E-state index is 5.77. The molecule has 1 heterocycles. The highest BCUT2D eigenvalue weighted by molar-refractivity contribution is 7.99. The third-order valence-corrected chi connectivity index (χ3v) is 3.13. The largest absolute Gasteiger partial charge is 0.497 e. The molecule has 82 valence electrons. The smallest absolute Gasteiger partial charge is 0.119 e. The van der Waals surface area contributed by atoms with E-state index in [-0.39, 0.29) is 0 Å². The van der Waals surface area contributed by atoms with Crippen molar-refractivity contribution in [3.8, 4) is 5.75 Å². The van der Waals surface area contributed by atoms with Crippen LogP contribution >= 0.6 is 23.4 Å². The van der Waals surface area contributed by atoms with Crippen molar-refractivity contribution < 1.29 is 4.74 Å². The molecule has 2 rings (SSSR count). The summed E-state index contributed by atoms with van der Waals surface area (Å²) in [6.07, 6.45) is 1.64. The summed E-state index contributed by atoms with van der Waals surface area (Å²) in [5.41, 5.74) is 0. The van der Waals surface area contributed by atoms with Crippen molar-refractivity contribution in [1.29, 1.82) is 0 Å². The van der Waals surface area contributed by atoms with Crippen LogP contribution in [0, 0.1) is 0 Å². The van der Waals surface area contributed by atoms with Crippen LogP contribution in [0.5, 0.6) is 5.75 Å². The van der Waals surface area contributed by atoms with E-state index in [0.29, 0.717) is 5.02 Å². The molecule has 1 aromatic carbocycles. The Morgan fingerprint density at radius 2 is 2.12 bits per heavy atom. The molecule has 0 aliphatic heterocycles. The van der Waals surface area contributed by atoms with Gasteiger partial charge in [-0.3, -0.25) is 0 Å². The Hall–Kier alpha value is -1.19. The first-order valence-corrected chi connectivity index (χ1v) is 5.91. The van der Waals surface area contributed by atoms with Gasteiger partial charge in [0.1, 0.15) is 10.8 Å². The number of rotatable bonds is 3. The Labute approximate surface area is 104 Å². The van der Waals surface area contributed by atoms with E-state index in [4.69, 9.17) is 16.3 Å². The fourth-order valence-corrected chi connectivity index (χ4v) is 2.12. The normalized spacial score (nSPS) is 10.1. The van der Waals surface area contributed by atoms with Gasteiger partial charge in [0.25, 0.3) is 0 Å². The summed E-state index contributed by atoms with van der Waals surface area (Å²) >= 11 is 7.35. The molecule has 0 aliphatic carbocycles. The van der Waals surface area contributed by atoms with Crippen molar-refractivity contribution in [2.45, 2.75) is 9.92 Å². The van der Waals surface area contributed by atoms with Crippen molar-refractivity contribution in [3.63, 3.8) is 0 Å². The van der Waals surface area contributed by atoms with Gasteiger partial charge in [-0.05, 0) is 30.3 Å². The maximum absolute atomic E-state index is 5.77. The van der Waals surface area contributed by atoms with Gasteiger partial charge in [-0.2, -0.15) is 0 Å². The lowest BCUT2D eigenvalue weighted by Crippen LogP contribution is -1.83. The standard InChI is InChI=1S/C12H10ClNOS/c1-15-10-3-2-4-11(7-10)16-12-6-5-9(13)8-14-12/h2-8H,1H3. The second-order valence-corrected chi connectivity index (χ2v) is 4.63. The predicted octanol–water partition coefficient (Wildman–Crippen LogP) is 3.89. The molecule has 0 radical (unpaired) electrons. The molecule has 0 aliphatic rings. The fourth-order valence-electron chi connectivity index (χ4n) is 1.21. The zero-order valence-corrected chi connectivity index (χ0v) is 10.3. The fraction of sp³-hybridized carbons (Fsp3) is 0.0833. The quantitative estimate of drug-likeness (QED) is 0.826. The summed E-state index contributed by atoms with van der Waals surface area (Å²) in [5.74, 6) is 0.846. The SMILES string of the molecule is COc1cccc(Sc2ccc(Cl)cn2)c1. The summed E-state index contributed by atoms with van der Waals surface area (Å²) < 4.78 is 5.16. The lowest BCUT2D eigenvalue weighted by atomic mass is 10.3. The van der Waals surface area contributed by atoms with Crippen LogP contribution in [0.3, 0.4) is 0 Å². The van der Waals surface area contributed by atoms with Gasteiger partial charge >= 0.3 is 0 Å². The van der Waals surface area contributed by atoms with Crippen LogP contribution in [0.2, 0.25) is 5.02 Å². The van der Waals surface area contributed by atoms with Crippen molar-refractivity contribution in [1.82, 2.24) is 4.98 Å². The molecule has 2 nitrogen and oxygen atoms in total. The summed E-state index contributed by atoms with van der Waals surface area (Å²) in [7, 11) is 1.66. The highest BCUT2D eigenvalue weighted by Gasteiger charge is 2.00. The molecule has 2 aromatic rings. The number of aromatic nitrogens is 1. The van der Waals surface area contributed by atoms with Crippen LogP contribution in [0.1, 0.15) is 0 Å². The van der Waals surface area contributed by atoms with Crippen molar-refractivity contribution in [3.05, 3.63) is 47.6 Å². The number of hydrogen-bond donors (Lipinski definition) is 0. The number of hydrogen-bond acceptors (Lipinski definition) is 3. The third-order valence-electron chi connectivity index (χ3n) is 1.96. The molecule has 4 heteroatoms. The van der Waals surface area contributed by atoms with Gasteiger partial charge in [0, 0.05) is 11.1 Å². The molecule has 0 amide bonds. The topological polar surface area (TPSA) is 22.1 Å². The number of nitrogens with zero attached hydrogens (tertiary/aromatic N) is 1. The molecular formula is C12H10ClNOS. The van der Waals surface area contributed by atoms with E-state index in [1.807, 2.05) is 36.4 Å². The minimum absolute atomic E-state index is 0.648. The van der Waals surface area contributed by atoms with E-state index in [1.54, 1.807) is 25.1 Å². The van der Waals surface area contributed by atoms with Gasteiger partial charge in [0.2, 0.25) is 0 Å². The Balaban J connectivity index is 2.16. The minimum atomic E-state index is 0.648. The van der Waals surface area contributed by atoms with Crippen LogP contribution in [0.25, 0.3) is 0 Å². The summed E-state index contributed by atoms with van der Waals surface area (Å²) in [6.45, 7) is 0. The van der Waals surface area contributed by atoms with Gasteiger partial charge in [-0.25, -0.2) is 4.98 Å². The third kappa shape index (κ3) is 2.90. The van der Waals surface area contributed by atoms with E-state index >= 15 is 0 Å². The average molecular weight is 252 g/mol. The number of methoxy groups -OCH3 is 1. The molecule has 0 atom stereocenters. The molecular weight excluding hydrogens is 242 g/mol. The van der Waals surface area contributed by atoms with Crippen LogP contribution in [-0.4, -0.2) is 12.1 Å². The number of pyridine rings is 1. The van der Waals surface area contributed by atoms with E-state index in [0.717, 1.165) is 15.7 Å². The van der Waals surface area contributed by atoms with Crippen LogP contribution < -0.4 is 4.74 Å². The van der Waals surface area contributed by atoms with Gasteiger partial charge in [0.05, 0.1) is 12.1 Å². The van der Waals surface area contributed by atoms with Gasteiger partial charge in [-0.1, -0.05) is 29.4 Å². The summed E-state index contributed by atoms with van der Waals surface area (Å²) in [6, 6.07) is 11.6. The summed E-state index contributed by atoms with van der Waals surface area (Å²) in [4.78, 5) is 5.31. The van der Waals surface area contributed by atoms with E-state index in [9.17, 15) is 0 Å². The van der Waals surface area contributed by atoms with Crippen LogP contribution in [0.4, 0.5) is 0 Å². The lowest BCUT2D eigenvalue weighted by Gasteiger charge is -2.03. The second kappa shape index (κ2) is 5.23. The molecule has 1 aromatic heterocycles. The Morgan fingerprint density at radius 3 is 2.81 bits per heavy atom. The van der Waals surface area contributed by atoms with Crippen molar-refractivity contribution >= 4 is 23.4 Å². The molecule has 0 bridgehead atoms. The van der Waals surface area contributed by atoms with Crippen molar-refractivity contribution in [2.24, 2.45) is 0 Å². The maximum Gasteiger partial charge on any atom is 0.119 e. The van der Waals surface area contributed by atoms with Crippen LogP contribution in [0.15, 0.2) is 52.5 Å². The molecule has 0 saturated carbocycles. The van der Waals surface area contributed by atoms with E-state index in [2.05, 4.69) is 4.98 Å². The molecule has 0 unspecified atom stereocenters. The molecule has 16 heavy (non-hydrogen) atoms. The van der Waals surface area contributed by atoms with Gasteiger partial charge in [0.15, 0.2) is 0 Å². The van der Waals surface area contributed by atoms with Gasteiger partial charge < -0.3 is 4.74 Å². The highest BCUT2D eigenvalue weighted by Crippen LogP contribution is 2.28. The molecule has 0 fully saturated rings. The first-order chi connectivity index (χ1) is 7.78. The zero-order valence-electron chi connectivity index (χ0n) is 8.68. The van der Waals surface area contributed by atoms with Gasteiger partial charge in [-0.15, -0.1) is 0 Å². The number of ether oxygens (including phenoxy) is 1. The van der Waals surface area contributed by atoms with E-state index in [1.165, 1.54) is 0 Å². The first-order valence-electron chi connectivity index (χ1n) is 4.71. The molecule has 0 saturated heterocycles. The van der Waals surface area contributed by atoms with Crippen molar-refractivity contribution in [2.75, 3.05) is 7.11 Å². The highest BCUT2D eigenvalue weighted by atomic mass is 35.5. The Bertz CT molecular complexity index is 473. The predicted molar refractivity (Wildman–Crippen MR) is 66.4 cm³/mol. The summed E-state index contributed by atoms with van der Waals surface area (Å²) in [5, 5.41) is 1.56. The minimum Gasteiger partial charge on any atom is -0.497 e. The molecule has 0 spiro atoms. The second-order valence-electron chi connectivity index (χ2n) is 3.10. The molecule has 0 N–H and O–H groups in total. The Kier molecular flexibility index (Phi) is 3.70. The lowest BCUT2D eigenvalue weighted by molar-refractivity contribution is 0.413. The first kappa shape index (κ1) is 11.3. The number of halogens is 1. The monoisotopic (exact) mass is 251 g/mol. The van der Waals surface area contributed by atoms with E-state index < -0.39 is 0 Å². The Morgan fingerprint density at radius 1 is 1.25 bits per heavy atom.